The maximum absolute atomic E-state index is 12.4. The van der Waals surface area contributed by atoms with Gasteiger partial charge in [0, 0.05) is 0 Å². The summed E-state index contributed by atoms with van der Waals surface area (Å²) in [6.07, 6.45) is -0.689. The first kappa shape index (κ1) is 8.94. The summed E-state index contributed by atoms with van der Waals surface area (Å²) in [4.78, 5) is 0. The molecule has 1 unspecified atom stereocenters. The van der Waals surface area contributed by atoms with Crippen molar-refractivity contribution in [1.82, 2.24) is 0 Å². The van der Waals surface area contributed by atoms with E-state index in [1.807, 2.05) is 0 Å². The average molecular weight is 166 g/mol. The van der Waals surface area contributed by atoms with Gasteiger partial charge in [0.15, 0.2) is 0 Å². The van der Waals surface area contributed by atoms with Gasteiger partial charge in [0.2, 0.25) is 0 Å². The van der Waals surface area contributed by atoms with Crippen molar-refractivity contribution in [3.63, 3.8) is 0 Å². The summed E-state index contributed by atoms with van der Waals surface area (Å²) >= 11 is 0. The number of aliphatic hydroxyl groups excluding tert-OH is 1. The van der Waals surface area contributed by atoms with Crippen LogP contribution in [0.3, 0.4) is 0 Å². The number of hydrogen-bond donors (Lipinski definition) is 1. The zero-order chi connectivity index (χ0) is 9.14. The van der Waals surface area contributed by atoms with Crippen LogP contribution in [0.1, 0.15) is 18.6 Å². The molecule has 0 aliphatic carbocycles. The maximum atomic E-state index is 12.4. The van der Waals surface area contributed by atoms with Crippen molar-refractivity contribution in [2.45, 2.75) is 13.0 Å². The van der Waals surface area contributed by atoms with Crippen molar-refractivity contribution < 1.29 is 9.50 Å². The van der Waals surface area contributed by atoms with Gasteiger partial charge in [-0.2, -0.15) is 0 Å². The van der Waals surface area contributed by atoms with E-state index in [9.17, 15) is 9.50 Å². The van der Waals surface area contributed by atoms with Crippen molar-refractivity contribution in [2.24, 2.45) is 0 Å². The summed E-state index contributed by atoms with van der Waals surface area (Å²) in [5.41, 5.74) is 1.32. The van der Waals surface area contributed by atoms with Crippen LogP contribution in [0.2, 0.25) is 0 Å². The van der Waals surface area contributed by atoms with Crippen LogP contribution in [-0.4, -0.2) is 5.11 Å². The Morgan fingerprint density at radius 3 is 2.33 bits per heavy atom. The van der Waals surface area contributed by atoms with Gasteiger partial charge in [-0.05, 0) is 30.2 Å². The Bertz CT molecular complexity index is 276. The molecule has 0 bridgehead atoms. The molecule has 1 N–H and O–H groups in total. The van der Waals surface area contributed by atoms with Gasteiger partial charge in [-0.25, -0.2) is 4.39 Å². The lowest BCUT2D eigenvalue weighted by atomic mass is 10.0. The molecular formula is C10H11FO. The van der Waals surface area contributed by atoms with Crippen molar-refractivity contribution in [3.05, 3.63) is 47.8 Å². The molecule has 0 radical (unpaired) electrons. The topological polar surface area (TPSA) is 20.2 Å². The average Bonchev–Trinajstić information content (AvgIpc) is 2.04. The van der Waals surface area contributed by atoms with E-state index < -0.39 is 6.10 Å². The Kier molecular flexibility index (Phi) is 2.61. The first-order chi connectivity index (χ1) is 5.61. The predicted octanol–water partition coefficient (Wildman–Crippen LogP) is 2.44. The summed E-state index contributed by atoms with van der Waals surface area (Å²) in [6.45, 7) is 5.34. The molecule has 0 aliphatic rings. The molecule has 64 valence electrons. The first-order valence-corrected chi connectivity index (χ1v) is 3.70. The number of halogens is 1. The molecule has 0 saturated carbocycles. The van der Waals surface area contributed by atoms with Crippen molar-refractivity contribution in [3.8, 4) is 0 Å². The fourth-order valence-electron chi connectivity index (χ4n) is 0.930. The fraction of sp³-hybridized carbons (Fsp3) is 0.200. The van der Waals surface area contributed by atoms with Crippen LogP contribution in [0.15, 0.2) is 36.4 Å². The predicted molar refractivity (Wildman–Crippen MR) is 46.2 cm³/mol. The van der Waals surface area contributed by atoms with Crippen molar-refractivity contribution in [1.29, 1.82) is 0 Å². The minimum absolute atomic E-state index is 0.298. The second-order valence-corrected chi connectivity index (χ2v) is 2.80. The second-order valence-electron chi connectivity index (χ2n) is 2.80. The zero-order valence-corrected chi connectivity index (χ0v) is 6.92. The van der Waals surface area contributed by atoms with Gasteiger partial charge in [0.25, 0.3) is 0 Å². The van der Waals surface area contributed by atoms with E-state index in [1.165, 1.54) is 12.1 Å². The molecule has 0 aromatic heterocycles. The molecule has 1 aromatic carbocycles. The molecule has 0 spiro atoms. The molecule has 0 saturated heterocycles. The summed E-state index contributed by atoms with van der Waals surface area (Å²) in [7, 11) is 0. The second kappa shape index (κ2) is 3.50. The molecule has 1 rings (SSSR count). The maximum Gasteiger partial charge on any atom is 0.123 e. The van der Waals surface area contributed by atoms with E-state index in [1.54, 1.807) is 19.1 Å². The molecule has 0 aliphatic heterocycles. The molecular weight excluding hydrogens is 155 g/mol. The van der Waals surface area contributed by atoms with Gasteiger partial charge in [0.1, 0.15) is 5.82 Å². The third kappa shape index (κ3) is 1.92. The van der Waals surface area contributed by atoms with E-state index in [0.29, 0.717) is 11.1 Å². The number of aliphatic hydroxyl groups is 1. The van der Waals surface area contributed by atoms with E-state index >= 15 is 0 Å². The highest BCUT2D eigenvalue weighted by Crippen LogP contribution is 2.19. The minimum atomic E-state index is -0.689. The van der Waals surface area contributed by atoms with Gasteiger partial charge >= 0.3 is 0 Å². The SMILES string of the molecule is C=C(C)C(O)c1ccc(F)cc1. The highest BCUT2D eigenvalue weighted by molar-refractivity contribution is 5.24. The van der Waals surface area contributed by atoms with Crippen molar-refractivity contribution in [2.75, 3.05) is 0 Å². The van der Waals surface area contributed by atoms with Crippen LogP contribution >= 0.6 is 0 Å². The first-order valence-electron chi connectivity index (χ1n) is 3.70. The summed E-state index contributed by atoms with van der Waals surface area (Å²) in [5, 5.41) is 9.47. The Labute approximate surface area is 71.2 Å². The molecule has 0 heterocycles. The van der Waals surface area contributed by atoms with Gasteiger partial charge < -0.3 is 5.11 Å². The van der Waals surface area contributed by atoms with Gasteiger partial charge in [-0.3, -0.25) is 0 Å². The lowest BCUT2D eigenvalue weighted by molar-refractivity contribution is 0.216. The molecule has 2 heteroatoms. The minimum Gasteiger partial charge on any atom is -0.384 e. The van der Waals surface area contributed by atoms with Gasteiger partial charge in [-0.15, -0.1) is 0 Å². The zero-order valence-electron chi connectivity index (χ0n) is 6.92. The van der Waals surface area contributed by atoms with Crippen LogP contribution in [0, 0.1) is 5.82 Å². The molecule has 1 aromatic rings. The van der Waals surface area contributed by atoms with Crippen LogP contribution in [-0.2, 0) is 0 Å². The largest absolute Gasteiger partial charge is 0.384 e. The molecule has 1 nitrogen and oxygen atoms in total. The van der Waals surface area contributed by atoms with Crippen molar-refractivity contribution >= 4 is 0 Å². The monoisotopic (exact) mass is 166 g/mol. The standard InChI is InChI=1S/C10H11FO/c1-7(2)10(12)8-3-5-9(11)6-4-8/h3-6,10,12H,1H2,2H3. The third-order valence-corrected chi connectivity index (χ3v) is 1.65. The highest BCUT2D eigenvalue weighted by atomic mass is 19.1. The normalized spacial score (nSPS) is 12.6. The summed E-state index contributed by atoms with van der Waals surface area (Å²) in [5.74, 6) is -0.298. The number of hydrogen-bond acceptors (Lipinski definition) is 1. The smallest absolute Gasteiger partial charge is 0.123 e. The number of benzene rings is 1. The lowest BCUT2D eigenvalue weighted by Crippen LogP contribution is -1.97. The van der Waals surface area contributed by atoms with Crippen LogP contribution in [0.5, 0.6) is 0 Å². The lowest BCUT2D eigenvalue weighted by Gasteiger charge is -2.09. The molecule has 1 atom stereocenters. The van der Waals surface area contributed by atoms with Crippen LogP contribution in [0.25, 0.3) is 0 Å². The van der Waals surface area contributed by atoms with E-state index in [0.717, 1.165) is 0 Å². The molecule has 0 fully saturated rings. The Hall–Kier alpha value is -1.15. The van der Waals surface area contributed by atoms with Gasteiger partial charge in [-0.1, -0.05) is 18.7 Å². The number of rotatable bonds is 2. The molecule has 12 heavy (non-hydrogen) atoms. The van der Waals surface area contributed by atoms with Crippen LogP contribution in [0.4, 0.5) is 4.39 Å². The van der Waals surface area contributed by atoms with E-state index in [4.69, 9.17) is 0 Å². The summed E-state index contributed by atoms with van der Waals surface area (Å²) < 4.78 is 12.4. The highest BCUT2D eigenvalue weighted by Gasteiger charge is 2.06. The Morgan fingerprint density at radius 2 is 1.92 bits per heavy atom. The summed E-state index contributed by atoms with van der Waals surface area (Å²) in [6, 6.07) is 5.74. The van der Waals surface area contributed by atoms with Gasteiger partial charge in [0.05, 0.1) is 6.10 Å². The quantitative estimate of drug-likeness (QED) is 0.669. The Balaban J connectivity index is 2.89. The Morgan fingerprint density at radius 1 is 1.42 bits per heavy atom. The third-order valence-electron chi connectivity index (χ3n) is 1.65. The molecule has 0 amide bonds. The van der Waals surface area contributed by atoms with E-state index in [-0.39, 0.29) is 5.82 Å². The van der Waals surface area contributed by atoms with E-state index in [2.05, 4.69) is 6.58 Å². The van der Waals surface area contributed by atoms with Crippen LogP contribution < -0.4 is 0 Å². The fourth-order valence-corrected chi connectivity index (χ4v) is 0.930.